The van der Waals surface area contributed by atoms with E-state index in [1.54, 1.807) is 18.2 Å². The van der Waals surface area contributed by atoms with Crippen LogP contribution < -0.4 is 4.74 Å². The molecule has 0 unspecified atom stereocenters. The number of benzene rings is 2. The average molecular weight is 338 g/mol. The molecule has 0 saturated carbocycles. The third-order valence-corrected chi connectivity index (χ3v) is 3.72. The predicted molar refractivity (Wildman–Crippen MR) is 81.5 cm³/mol. The van der Waals surface area contributed by atoms with Crippen LogP contribution in [0.1, 0.15) is 15.9 Å². The molecule has 8 heteroatoms. The van der Waals surface area contributed by atoms with Crippen LogP contribution in [0.3, 0.4) is 0 Å². The molecule has 0 saturated heterocycles. The van der Waals surface area contributed by atoms with Gasteiger partial charge in [-0.05, 0) is 6.07 Å². The fourth-order valence-corrected chi connectivity index (χ4v) is 2.50. The second kappa shape index (κ2) is 7.52. The standard InChI is InChI=1S/C14H12O6S.CH2O/c1-20-12-8-11(15)10(7-13(12)21(17,18)19)14(16)9-5-3-2-4-6-9;1-2/h2-8,15H,1H3,(H,17,18,19);1H2. The SMILES string of the molecule is C=O.COc1cc(O)c(C(=O)c2ccccc2)cc1S(=O)(=O)O. The smallest absolute Gasteiger partial charge is 0.298 e. The van der Waals surface area contributed by atoms with E-state index in [9.17, 15) is 18.3 Å². The van der Waals surface area contributed by atoms with Crippen LogP contribution in [0.2, 0.25) is 0 Å². The number of aromatic hydroxyl groups is 1. The minimum absolute atomic E-state index is 0.241. The molecule has 0 atom stereocenters. The lowest BCUT2D eigenvalue weighted by Gasteiger charge is -2.10. The molecule has 2 rings (SSSR count). The highest BCUT2D eigenvalue weighted by Gasteiger charge is 2.23. The minimum Gasteiger partial charge on any atom is -0.507 e. The molecule has 0 radical (unpaired) electrons. The number of hydrogen-bond acceptors (Lipinski definition) is 6. The Morgan fingerprint density at radius 2 is 1.70 bits per heavy atom. The maximum Gasteiger partial charge on any atom is 0.298 e. The largest absolute Gasteiger partial charge is 0.507 e. The molecule has 0 heterocycles. The Bertz CT molecular complexity index is 798. The number of hydrogen-bond donors (Lipinski definition) is 2. The summed E-state index contributed by atoms with van der Waals surface area (Å²) in [6, 6.07) is 9.90. The summed E-state index contributed by atoms with van der Waals surface area (Å²) < 4.78 is 36.6. The second-order valence-corrected chi connectivity index (χ2v) is 5.58. The van der Waals surface area contributed by atoms with Crippen molar-refractivity contribution in [2.45, 2.75) is 4.90 Å². The number of methoxy groups -OCH3 is 1. The summed E-state index contributed by atoms with van der Waals surface area (Å²) in [5.41, 5.74) is 0.0360. The predicted octanol–water partition coefficient (Wildman–Crippen LogP) is 1.69. The van der Waals surface area contributed by atoms with E-state index < -0.39 is 26.5 Å². The Labute approximate surface area is 132 Å². The molecular weight excluding hydrogens is 324 g/mol. The number of phenols is 1. The molecule has 122 valence electrons. The van der Waals surface area contributed by atoms with E-state index in [1.165, 1.54) is 19.2 Å². The lowest BCUT2D eigenvalue weighted by atomic mass is 10.0. The summed E-state index contributed by atoms with van der Waals surface area (Å²) >= 11 is 0. The van der Waals surface area contributed by atoms with Gasteiger partial charge in [-0.1, -0.05) is 30.3 Å². The second-order valence-electron chi connectivity index (χ2n) is 4.19. The van der Waals surface area contributed by atoms with E-state index in [-0.39, 0.29) is 16.9 Å². The summed E-state index contributed by atoms with van der Waals surface area (Å²) in [5.74, 6) is -1.26. The van der Waals surface area contributed by atoms with Crippen LogP contribution in [0, 0.1) is 0 Å². The quantitative estimate of drug-likeness (QED) is 0.643. The van der Waals surface area contributed by atoms with E-state index in [0.717, 1.165) is 12.1 Å². The fraction of sp³-hybridized carbons (Fsp3) is 0.0667. The zero-order valence-corrected chi connectivity index (χ0v) is 12.9. The minimum atomic E-state index is -4.59. The Hall–Kier alpha value is -2.71. The van der Waals surface area contributed by atoms with Gasteiger partial charge in [0.2, 0.25) is 0 Å². The van der Waals surface area contributed by atoms with E-state index in [4.69, 9.17) is 14.1 Å². The summed E-state index contributed by atoms with van der Waals surface area (Å²) in [7, 11) is -3.41. The summed E-state index contributed by atoms with van der Waals surface area (Å²) in [5, 5.41) is 9.87. The van der Waals surface area contributed by atoms with E-state index in [2.05, 4.69) is 0 Å². The van der Waals surface area contributed by atoms with Crippen molar-refractivity contribution < 1.29 is 32.4 Å². The van der Waals surface area contributed by atoms with Gasteiger partial charge in [0.05, 0.1) is 12.7 Å². The van der Waals surface area contributed by atoms with Crippen LogP contribution in [0.15, 0.2) is 47.4 Å². The molecule has 0 spiro atoms. The van der Waals surface area contributed by atoms with Crippen LogP contribution in [-0.2, 0) is 14.9 Å². The van der Waals surface area contributed by atoms with Crippen LogP contribution in [0.25, 0.3) is 0 Å². The molecule has 0 bridgehead atoms. The van der Waals surface area contributed by atoms with Crippen molar-refractivity contribution in [2.75, 3.05) is 7.11 Å². The molecule has 0 aliphatic rings. The summed E-state index contributed by atoms with van der Waals surface area (Å²) in [6.07, 6.45) is 0. The number of ketones is 1. The highest BCUT2D eigenvalue weighted by atomic mass is 32.2. The van der Waals surface area contributed by atoms with Gasteiger partial charge in [0.25, 0.3) is 10.1 Å². The number of rotatable bonds is 4. The lowest BCUT2D eigenvalue weighted by Crippen LogP contribution is -2.07. The first kappa shape index (κ1) is 18.3. The maximum atomic E-state index is 12.3. The molecule has 23 heavy (non-hydrogen) atoms. The van der Waals surface area contributed by atoms with E-state index in [1.807, 2.05) is 6.79 Å². The number of carbonyl (C=O) groups is 2. The molecule has 7 nitrogen and oxygen atoms in total. The molecular formula is C15H14O7S. The molecule has 2 N–H and O–H groups in total. The van der Waals surface area contributed by atoms with Crippen molar-refractivity contribution in [1.29, 1.82) is 0 Å². The Balaban J connectivity index is 0.00000127. The van der Waals surface area contributed by atoms with E-state index in [0.29, 0.717) is 0 Å². The number of phenolic OH excluding ortho intramolecular Hbond substituents is 1. The first-order valence-electron chi connectivity index (χ1n) is 6.11. The first-order chi connectivity index (χ1) is 10.8. The van der Waals surface area contributed by atoms with Crippen LogP contribution in [0.4, 0.5) is 0 Å². The van der Waals surface area contributed by atoms with Gasteiger partial charge < -0.3 is 14.6 Å². The average Bonchev–Trinajstić information content (AvgIpc) is 2.55. The van der Waals surface area contributed by atoms with Crippen LogP contribution >= 0.6 is 0 Å². The number of carbonyl (C=O) groups excluding carboxylic acids is 2. The molecule has 0 amide bonds. The molecule has 0 fully saturated rings. The zero-order valence-electron chi connectivity index (χ0n) is 12.1. The lowest BCUT2D eigenvalue weighted by molar-refractivity contribution is -0.0980. The van der Waals surface area contributed by atoms with Crippen molar-refractivity contribution in [2.24, 2.45) is 0 Å². The summed E-state index contributed by atoms with van der Waals surface area (Å²) in [4.78, 5) is 19.7. The van der Waals surface area contributed by atoms with E-state index >= 15 is 0 Å². The van der Waals surface area contributed by atoms with Gasteiger partial charge in [0.1, 0.15) is 23.2 Å². The van der Waals surface area contributed by atoms with Crippen LogP contribution in [0.5, 0.6) is 11.5 Å². The third-order valence-electron chi connectivity index (χ3n) is 2.84. The zero-order chi connectivity index (χ0) is 17.6. The molecule has 0 aromatic heterocycles. The Morgan fingerprint density at radius 1 is 1.13 bits per heavy atom. The van der Waals surface area contributed by atoms with Gasteiger partial charge >= 0.3 is 0 Å². The molecule has 2 aromatic carbocycles. The molecule has 0 aliphatic heterocycles. The van der Waals surface area contributed by atoms with Gasteiger partial charge in [-0.15, -0.1) is 0 Å². The van der Waals surface area contributed by atoms with Crippen molar-refractivity contribution in [3.05, 3.63) is 53.6 Å². The molecule has 0 aliphatic carbocycles. The van der Waals surface area contributed by atoms with Crippen molar-refractivity contribution in [3.8, 4) is 11.5 Å². The first-order valence-corrected chi connectivity index (χ1v) is 7.55. The highest BCUT2D eigenvalue weighted by molar-refractivity contribution is 7.86. The third kappa shape index (κ3) is 4.15. The van der Waals surface area contributed by atoms with Crippen molar-refractivity contribution in [1.82, 2.24) is 0 Å². The Morgan fingerprint density at radius 3 is 2.17 bits per heavy atom. The number of ether oxygens (including phenoxy) is 1. The monoisotopic (exact) mass is 338 g/mol. The van der Waals surface area contributed by atoms with Gasteiger partial charge in [-0.3, -0.25) is 9.35 Å². The highest BCUT2D eigenvalue weighted by Crippen LogP contribution is 2.32. The van der Waals surface area contributed by atoms with Gasteiger partial charge in [0, 0.05) is 11.6 Å². The normalized spacial score (nSPS) is 10.3. The van der Waals surface area contributed by atoms with Gasteiger partial charge in [0.15, 0.2) is 5.78 Å². The van der Waals surface area contributed by atoms with Gasteiger partial charge in [-0.2, -0.15) is 8.42 Å². The van der Waals surface area contributed by atoms with Crippen molar-refractivity contribution in [3.63, 3.8) is 0 Å². The fourth-order valence-electron chi connectivity index (χ4n) is 1.84. The Kier molecular flexibility index (Phi) is 6.00. The maximum absolute atomic E-state index is 12.3. The van der Waals surface area contributed by atoms with Gasteiger partial charge in [-0.25, -0.2) is 0 Å². The van der Waals surface area contributed by atoms with Crippen molar-refractivity contribution >= 4 is 22.7 Å². The summed E-state index contributed by atoms with van der Waals surface area (Å²) in [6.45, 7) is 2.00. The molecule has 2 aromatic rings. The topological polar surface area (TPSA) is 118 Å². The van der Waals surface area contributed by atoms with Crippen LogP contribution in [-0.4, -0.2) is 37.8 Å².